The summed E-state index contributed by atoms with van der Waals surface area (Å²) in [7, 11) is 0. The van der Waals surface area contributed by atoms with E-state index >= 15 is 4.39 Å². The number of amides is 2. The van der Waals surface area contributed by atoms with Gasteiger partial charge in [-0.15, -0.1) is 0 Å². The van der Waals surface area contributed by atoms with E-state index in [1.165, 1.54) is 0 Å². The summed E-state index contributed by atoms with van der Waals surface area (Å²) in [6, 6.07) is 18.4. The molecule has 0 unspecified atom stereocenters. The lowest BCUT2D eigenvalue weighted by atomic mass is 9.86. The number of anilines is 2. The molecule has 220 valence electrons. The van der Waals surface area contributed by atoms with Gasteiger partial charge < -0.3 is 20.7 Å². The fourth-order valence-electron chi connectivity index (χ4n) is 5.39. The monoisotopic (exact) mass is 569 g/mol. The van der Waals surface area contributed by atoms with Gasteiger partial charge in [0.2, 0.25) is 0 Å². The molecule has 1 aliphatic heterocycles. The second kappa shape index (κ2) is 11.5. The predicted octanol–water partition coefficient (Wildman–Crippen LogP) is 7.37. The normalized spacial score (nSPS) is 13.3. The van der Waals surface area contributed by atoms with Gasteiger partial charge >= 0.3 is 6.03 Å². The Kier molecular flexibility index (Phi) is 7.99. The van der Waals surface area contributed by atoms with Gasteiger partial charge in [0.15, 0.2) is 0 Å². The van der Waals surface area contributed by atoms with Crippen molar-refractivity contribution in [2.24, 2.45) is 11.7 Å². The SMILES string of the molecule is Cc1cccc(OCC(C)C)c1-n1nc2c(c1-c1ccc(NC(N)=O)cc1)CN(c1cc(C(C)(C)C)ccc1F)CC2. The molecule has 7 nitrogen and oxygen atoms in total. The highest BCUT2D eigenvalue weighted by molar-refractivity contribution is 5.88. The van der Waals surface area contributed by atoms with Crippen LogP contribution in [0, 0.1) is 18.7 Å². The average molecular weight is 570 g/mol. The molecule has 3 N–H and O–H groups in total. The van der Waals surface area contributed by atoms with E-state index in [0.29, 0.717) is 43.4 Å². The van der Waals surface area contributed by atoms with Crippen LogP contribution in [-0.4, -0.2) is 29.0 Å². The number of benzene rings is 3. The molecule has 2 heterocycles. The average Bonchev–Trinajstić information content (AvgIpc) is 3.29. The van der Waals surface area contributed by atoms with E-state index in [2.05, 4.69) is 57.8 Å². The summed E-state index contributed by atoms with van der Waals surface area (Å²) in [5.74, 6) is 0.893. The number of aromatic nitrogens is 2. The van der Waals surface area contributed by atoms with Crippen LogP contribution >= 0.6 is 0 Å². The van der Waals surface area contributed by atoms with Gasteiger partial charge in [-0.2, -0.15) is 5.10 Å². The smallest absolute Gasteiger partial charge is 0.316 e. The Balaban J connectivity index is 1.65. The number of hydrogen-bond acceptors (Lipinski definition) is 4. The molecule has 1 aliphatic rings. The third-order valence-corrected chi connectivity index (χ3v) is 7.60. The molecule has 3 aromatic carbocycles. The molecule has 0 radical (unpaired) electrons. The van der Waals surface area contributed by atoms with Gasteiger partial charge in [-0.05, 0) is 59.7 Å². The number of carbonyl (C=O) groups excluding carboxylic acids is 1. The Hall–Kier alpha value is -4.33. The van der Waals surface area contributed by atoms with Crippen LogP contribution < -0.4 is 20.7 Å². The molecule has 4 aromatic rings. The van der Waals surface area contributed by atoms with Crippen molar-refractivity contribution < 1.29 is 13.9 Å². The van der Waals surface area contributed by atoms with E-state index < -0.39 is 6.03 Å². The first-order valence-electron chi connectivity index (χ1n) is 14.5. The second-order valence-corrected chi connectivity index (χ2v) is 12.5. The van der Waals surface area contributed by atoms with Crippen molar-refractivity contribution in [1.82, 2.24) is 9.78 Å². The zero-order chi connectivity index (χ0) is 30.2. The molecule has 8 heteroatoms. The van der Waals surface area contributed by atoms with Crippen LogP contribution in [0.1, 0.15) is 57.0 Å². The highest BCUT2D eigenvalue weighted by Gasteiger charge is 2.29. The fraction of sp³-hybridized carbons (Fsp3) is 0.353. The van der Waals surface area contributed by atoms with Gasteiger partial charge in [-0.3, -0.25) is 0 Å². The fourth-order valence-corrected chi connectivity index (χ4v) is 5.39. The second-order valence-electron chi connectivity index (χ2n) is 12.5. The highest BCUT2D eigenvalue weighted by atomic mass is 19.1. The molecule has 0 saturated heterocycles. The van der Waals surface area contributed by atoms with Crippen molar-refractivity contribution in [3.8, 4) is 22.7 Å². The Morgan fingerprint density at radius 3 is 2.52 bits per heavy atom. The first-order valence-corrected chi connectivity index (χ1v) is 14.5. The number of carbonyl (C=O) groups is 1. The molecule has 42 heavy (non-hydrogen) atoms. The predicted molar refractivity (Wildman–Crippen MR) is 167 cm³/mol. The van der Waals surface area contributed by atoms with Crippen molar-refractivity contribution in [3.05, 3.63) is 88.9 Å². The van der Waals surface area contributed by atoms with Crippen LogP contribution in [0.15, 0.2) is 60.7 Å². The van der Waals surface area contributed by atoms with Crippen molar-refractivity contribution in [1.29, 1.82) is 0 Å². The third-order valence-electron chi connectivity index (χ3n) is 7.60. The largest absolute Gasteiger partial charge is 0.491 e. The van der Waals surface area contributed by atoms with Crippen molar-refractivity contribution >= 4 is 17.4 Å². The number of hydrogen-bond donors (Lipinski definition) is 2. The lowest BCUT2D eigenvalue weighted by Crippen LogP contribution is -2.31. The minimum absolute atomic E-state index is 0.0998. The van der Waals surface area contributed by atoms with Gasteiger partial charge in [-0.1, -0.05) is 65.0 Å². The maximum atomic E-state index is 15.3. The Morgan fingerprint density at radius 1 is 1.12 bits per heavy atom. The lowest BCUT2D eigenvalue weighted by Gasteiger charge is -2.31. The summed E-state index contributed by atoms with van der Waals surface area (Å²) in [4.78, 5) is 13.5. The van der Waals surface area contributed by atoms with Gasteiger partial charge in [0, 0.05) is 36.3 Å². The van der Waals surface area contributed by atoms with Gasteiger partial charge in [0.25, 0.3) is 0 Å². The number of rotatable bonds is 7. The number of para-hydroxylation sites is 1. The molecule has 1 aromatic heterocycles. The number of nitrogens with two attached hydrogens (primary N) is 1. The standard InChI is InChI=1S/C34H40FN5O2/c1-21(2)20-42-30-9-7-8-22(3)31(30)40-32(23-10-13-25(14-11-23)37-33(36)41)26-19-39(17-16-28(26)38-40)29-18-24(34(4,5)6)12-15-27(29)35/h7-15,18,21H,16-17,19-20H2,1-6H3,(H3,36,37,41). The van der Waals surface area contributed by atoms with E-state index in [1.54, 1.807) is 6.07 Å². The minimum Gasteiger partial charge on any atom is -0.491 e. The number of primary amides is 1. The number of fused-ring (bicyclic) bond motifs is 1. The van der Waals surface area contributed by atoms with E-state index in [9.17, 15) is 4.79 Å². The number of nitrogens with one attached hydrogen (secondary N) is 1. The topological polar surface area (TPSA) is 85.4 Å². The molecule has 5 rings (SSSR count). The van der Waals surface area contributed by atoms with E-state index in [1.807, 2.05) is 53.2 Å². The van der Waals surface area contributed by atoms with Crippen LogP contribution in [0.2, 0.25) is 0 Å². The van der Waals surface area contributed by atoms with Crippen LogP contribution in [0.4, 0.5) is 20.6 Å². The summed E-state index contributed by atoms with van der Waals surface area (Å²) in [6.45, 7) is 14.5. The molecular formula is C34H40FN5O2. The molecular weight excluding hydrogens is 529 g/mol. The highest BCUT2D eigenvalue weighted by Crippen LogP contribution is 2.39. The van der Waals surface area contributed by atoms with E-state index in [4.69, 9.17) is 15.6 Å². The number of aryl methyl sites for hydroxylation is 1. The van der Waals surface area contributed by atoms with Gasteiger partial charge in [-0.25, -0.2) is 13.9 Å². The molecule has 0 fully saturated rings. The summed E-state index contributed by atoms with van der Waals surface area (Å²) >= 11 is 0. The number of nitrogens with zero attached hydrogens (tertiary/aromatic N) is 3. The Morgan fingerprint density at radius 2 is 1.86 bits per heavy atom. The molecule has 0 aliphatic carbocycles. The molecule has 2 amide bonds. The number of halogens is 1. The van der Waals surface area contributed by atoms with Crippen LogP contribution in [0.25, 0.3) is 16.9 Å². The zero-order valence-electron chi connectivity index (χ0n) is 25.3. The maximum absolute atomic E-state index is 15.3. The first-order chi connectivity index (χ1) is 19.9. The molecule has 0 bridgehead atoms. The van der Waals surface area contributed by atoms with Crippen molar-refractivity contribution in [2.45, 2.75) is 59.9 Å². The maximum Gasteiger partial charge on any atom is 0.316 e. The minimum atomic E-state index is -0.618. The number of ether oxygens (including phenoxy) is 1. The van der Waals surface area contributed by atoms with E-state index in [0.717, 1.165) is 45.1 Å². The summed E-state index contributed by atoms with van der Waals surface area (Å²) in [5, 5.41) is 7.78. The van der Waals surface area contributed by atoms with Crippen molar-refractivity contribution in [2.75, 3.05) is 23.4 Å². The quantitative estimate of drug-likeness (QED) is 0.243. The summed E-state index contributed by atoms with van der Waals surface area (Å²) in [6.07, 6.45) is 0.671. The Labute approximate surface area is 247 Å². The zero-order valence-corrected chi connectivity index (χ0v) is 25.3. The first kappa shape index (κ1) is 29.2. The lowest BCUT2D eigenvalue weighted by molar-refractivity contribution is 0.259. The third kappa shape index (κ3) is 5.98. The molecule has 0 spiro atoms. The van der Waals surface area contributed by atoms with Crippen LogP contribution in [0.3, 0.4) is 0 Å². The van der Waals surface area contributed by atoms with Gasteiger partial charge in [0.1, 0.15) is 17.3 Å². The van der Waals surface area contributed by atoms with Crippen LogP contribution in [0.5, 0.6) is 5.75 Å². The summed E-state index contributed by atoms with van der Waals surface area (Å²) in [5.41, 5.74) is 13.3. The number of urea groups is 1. The van der Waals surface area contributed by atoms with E-state index in [-0.39, 0.29) is 11.2 Å². The molecule has 0 atom stereocenters. The summed E-state index contributed by atoms with van der Waals surface area (Å²) < 4.78 is 23.6. The Bertz CT molecular complexity index is 1600. The van der Waals surface area contributed by atoms with Crippen molar-refractivity contribution in [3.63, 3.8) is 0 Å². The molecule has 0 saturated carbocycles. The van der Waals surface area contributed by atoms with Crippen LogP contribution in [-0.2, 0) is 18.4 Å². The van der Waals surface area contributed by atoms with Gasteiger partial charge in [0.05, 0.1) is 23.7 Å².